The van der Waals surface area contributed by atoms with Crippen LogP contribution in [0.3, 0.4) is 0 Å². The summed E-state index contributed by atoms with van der Waals surface area (Å²) in [6, 6.07) is 4.05. The van der Waals surface area contributed by atoms with Gasteiger partial charge in [0.2, 0.25) is 0 Å². The summed E-state index contributed by atoms with van der Waals surface area (Å²) in [5, 5.41) is 3.11. The van der Waals surface area contributed by atoms with Crippen LogP contribution in [0.1, 0.15) is 43.4 Å². The lowest BCUT2D eigenvalue weighted by Gasteiger charge is -2.38. The van der Waals surface area contributed by atoms with E-state index in [-0.39, 0.29) is 12.1 Å². The van der Waals surface area contributed by atoms with E-state index in [1.807, 2.05) is 11.0 Å². The molecule has 0 saturated carbocycles. The quantitative estimate of drug-likeness (QED) is 0.847. The summed E-state index contributed by atoms with van der Waals surface area (Å²) in [6.07, 6.45) is 4.23. The van der Waals surface area contributed by atoms with Gasteiger partial charge in [0.1, 0.15) is 11.5 Å². The van der Waals surface area contributed by atoms with Crippen LogP contribution in [0.25, 0.3) is 0 Å². The van der Waals surface area contributed by atoms with Crippen LogP contribution in [0.4, 0.5) is 4.79 Å². The molecule has 0 aromatic heterocycles. The van der Waals surface area contributed by atoms with Gasteiger partial charge in [0.05, 0.1) is 20.3 Å². The Morgan fingerprint density at radius 1 is 1.19 bits per heavy atom. The predicted molar refractivity (Wildman–Crippen MR) is 102 cm³/mol. The van der Waals surface area contributed by atoms with Crippen molar-refractivity contribution >= 4 is 6.03 Å². The Hall–Kier alpha value is -1.95. The Morgan fingerprint density at radius 3 is 2.62 bits per heavy atom. The molecule has 1 aromatic rings. The number of carbonyl (C=O) groups is 1. The maximum absolute atomic E-state index is 12.8. The van der Waals surface area contributed by atoms with Gasteiger partial charge in [0.25, 0.3) is 0 Å². The molecule has 2 amide bonds. The van der Waals surface area contributed by atoms with Crippen LogP contribution in [0.15, 0.2) is 12.1 Å². The fourth-order valence-corrected chi connectivity index (χ4v) is 4.18. The fraction of sp³-hybridized carbons (Fsp3) is 0.650. The number of likely N-dealkylation sites (tertiary alicyclic amines) is 1. The van der Waals surface area contributed by atoms with Crippen LogP contribution in [0.2, 0.25) is 0 Å². The maximum atomic E-state index is 12.8. The van der Waals surface area contributed by atoms with Gasteiger partial charge in [0.15, 0.2) is 0 Å². The summed E-state index contributed by atoms with van der Waals surface area (Å²) < 4.78 is 11.0. The molecule has 1 atom stereocenters. The van der Waals surface area contributed by atoms with Crippen molar-refractivity contribution < 1.29 is 14.3 Å². The second-order valence-corrected chi connectivity index (χ2v) is 7.05. The van der Waals surface area contributed by atoms with Crippen LogP contribution >= 0.6 is 0 Å². The third-order valence-corrected chi connectivity index (χ3v) is 5.54. The lowest BCUT2D eigenvalue weighted by molar-refractivity contribution is 0.164. The van der Waals surface area contributed by atoms with Crippen molar-refractivity contribution in [2.24, 2.45) is 0 Å². The van der Waals surface area contributed by atoms with Gasteiger partial charge >= 0.3 is 6.03 Å². The number of fused-ring (bicyclic) bond motifs is 1. The number of nitrogens with one attached hydrogen (secondary N) is 1. The van der Waals surface area contributed by atoms with Crippen LogP contribution in [-0.2, 0) is 6.42 Å². The second-order valence-electron chi connectivity index (χ2n) is 7.05. The Kier molecular flexibility index (Phi) is 6.25. The smallest absolute Gasteiger partial charge is 0.317 e. The predicted octanol–water partition coefficient (Wildman–Crippen LogP) is 2.82. The number of nitrogens with zero attached hydrogens (tertiary/aromatic N) is 2. The van der Waals surface area contributed by atoms with Crippen molar-refractivity contribution in [3.05, 3.63) is 23.3 Å². The van der Waals surface area contributed by atoms with E-state index >= 15 is 0 Å². The topological polar surface area (TPSA) is 54.0 Å². The maximum Gasteiger partial charge on any atom is 0.317 e. The van der Waals surface area contributed by atoms with E-state index in [2.05, 4.69) is 23.2 Å². The number of urea groups is 1. The van der Waals surface area contributed by atoms with Gasteiger partial charge < -0.3 is 24.6 Å². The molecule has 1 fully saturated rings. The number of carbonyl (C=O) groups excluding carboxylic acids is 1. The molecule has 0 spiro atoms. The zero-order valence-corrected chi connectivity index (χ0v) is 16.2. The van der Waals surface area contributed by atoms with E-state index in [0.717, 1.165) is 56.1 Å². The summed E-state index contributed by atoms with van der Waals surface area (Å²) >= 11 is 0. The van der Waals surface area contributed by atoms with Crippen molar-refractivity contribution in [1.29, 1.82) is 0 Å². The highest BCUT2D eigenvalue weighted by Crippen LogP contribution is 2.40. The number of rotatable bonds is 6. The minimum Gasteiger partial charge on any atom is -0.497 e. The molecule has 1 unspecified atom stereocenters. The van der Waals surface area contributed by atoms with Crippen molar-refractivity contribution in [1.82, 2.24) is 15.1 Å². The molecule has 1 N–H and O–H groups in total. The van der Waals surface area contributed by atoms with Crippen LogP contribution in [0.5, 0.6) is 11.5 Å². The van der Waals surface area contributed by atoms with Gasteiger partial charge in [-0.3, -0.25) is 0 Å². The second kappa shape index (κ2) is 8.62. The zero-order valence-electron chi connectivity index (χ0n) is 16.2. The summed E-state index contributed by atoms with van der Waals surface area (Å²) in [4.78, 5) is 17.2. The SMILES string of the molecule is CCC1c2c(cc(OC)cc2OC)CCN1C(=O)NCCN1CCCC1. The lowest BCUT2D eigenvalue weighted by atomic mass is 9.90. The Morgan fingerprint density at radius 2 is 1.96 bits per heavy atom. The third-order valence-electron chi connectivity index (χ3n) is 5.54. The van der Waals surface area contributed by atoms with Crippen molar-refractivity contribution in [3.8, 4) is 11.5 Å². The molecule has 2 heterocycles. The molecule has 3 rings (SSSR count). The zero-order chi connectivity index (χ0) is 18.5. The van der Waals surface area contributed by atoms with Crippen LogP contribution in [0, 0.1) is 0 Å². The Balaban J connectivity index is 1.70. The van der Waals surface area contributed by atoms with Crippen LogP contribution in [-0.4, -0.2) is 62.8 Å². The molecular formula is C20H31N3O3. The molecule has 1 saturated heterocycles. The first-order chi connectivity index (χ1) is 12.7. The summed E-state index contributed by atoms with van der Waals surface area (Å²) in [6.45, 7) is 6.80. The highest BCUT2D eigenvalue weighted by atomic mass is 16.5. The summed E-state index contributed by atoms with van der Waals surface area (Å²) in [5.74, 6) is 1.61. The van der Waals surface area contributed by atoms with Gasteiger partial charge in [-0.05, 0) is 50.4 Å². The van der Waals surface area contributed by atoms with E-state index in [1.54, 1.807) is 14.2 Å². The summed E-state index contributed by atoms with van der Waals surface area (Å²) in [5.41, 5.74) is 2.34. The first-order valence-corrected chi connectivity index (χ1v) is 9.69. The first kappa shape index (κ1) is 18.8. The molecule has 6 heteroatoms. The van der Waals surface area contributed by atoms with E-state index in [1.165, 1.54) is 18.4 Å². The lowest BCUT2D eigenvalue weighted by Crippen LogP contribution is -2.47. The van der Waals surface area contributed by atoms with E-state index < -0.39 is 0 Å². The minimum absolute atomic E-state index is 0.0274. The molecule has 0 aliphatic carbocycles. The largest absolute Gasteiger partial charge is 0.497 e. The monoisotopic (exact) mass is 361 g/mol. The van der Waals surface area contributed by atoms with E-state index in [9.17, 15) is 4.79 Å². The number of benzene rings is 1. The molecule has 0 radical (unpaired) electrons. The van der Waals surface area contributed by atoms with Gasteiger partial charge in [-0.15, -0.1) is 0 Å². The summed E-state index contributed by atoms with van der Waals surface area (Å²) in [7, 11) is 3.35. The highest BCUT2D eigenvalue weighted by Gasteiger charge is 2.32. The average Bonchev–Trinajstić information content (AvgIpc) is 3.19. The molecule has 0 bridgehead atoms. The molecule has 2 aliphatic rings. The Bertz CT molecular complexity index is 612. The van der Waals surface area contributed by atoms with Crippen molar-refractivity contribution in [3.63, 3.8) is 0 Å². The van der Waals surface area contributed by atoms with Gasteiger partial charge in [-0.25, -0.2) is 4.79 Å². The number of amides is 2. The molecule has 144 valence electrons. The number of hydrogen-bond donors (Lipinski definition) is 1. The van der Waals surface area contributed by atoms with Crippen molar-refractivity contribution in [2.45, 2.75) is 38.6 Å². The normalized spacial score (nSPS) is 20.0. The molecule has 26 heavy (non-hydrogen) atoms. The van der Waals surface area contributed by atoms with Gasteiger partial charge in [-0.2, -0.15) is 0 Å². The molecule has 2 aliphatic heterocycles. The van der Waals surface area contributed by atoms with Gasteiger partial charge in [0, 0.05) is 31.3 Å². The molecule has 6 nitrogen and oxygen atoms in total. The highest BCUT2D eigenvalue weighted by molar-refractivity contribution is 5.75. The fourth-order valence-electron chi connectivity index (χ4n) is 4.18. The molecular weight excluding hydrogens is 330 g/mol. The Labute approximate surface area is 156 Å². The van der Waals surface area contributed by atoms with Crippen LogP contribution < -0.4 is 14.8 Å². The third kappa shape index (κ3) is 3.90. The number of hydrogen-bond acceptors (Lipinski definition) is 4. The van der Waals surface area contributed by atoms with E-state index in [4.69, 9.17) is 9.47 Å². The average molecular weight is 361 g/mol. The standard InChI is InChI=1S/C20H31N3O3/c1-4-17-19-15(13-16(25-2)14-18(19)26-3)7-11-23(17)20(24)21-8-12-22-9-5-6-10-22/h13-14,17H,4-12H2,1-3H3,(H,21,24). The number of methoxy groups -OCH3 is 2. The van der Waals surface area contributed by atoms with E-state index in [0.29, 0.717) is 6.54 Å². The molecule has 1 aromatic carbocycles. The minimum atomic E-state index is 0.0274. The van der Waals surface area contributed by atoms with Crippen molar-refractivity contribution in [2.75, 3.05) is 46.9 Å². The van der Waals surface area contributed by atoms with Gasteiger partial charge in [-0.1, -0.05) is 6.92 Å². The first-order valence-electron chi connectivity index (χ1n) is 9.69. The number of ether oxygens (including phenoxy) is 2.